The minimum Gasteiger partial charge on any atom is -0.455 e. The summed E-state index contributed by atoms with van der Waals surface area (Å²) in [6.45, 7) is -0.504. The number of aromatic nitrogens is 1. The number of esters is 1. The van der Waals surface area contributed by atoms with Crippen molar-refractivity contribution in [1.82, 2.24) is 4.98 Å². The Hall–Kier alpha value is -3.40. The first-order chi connectivity index (χ1) is 12.9. The molecule has 0 aliphatic heterocycles. The second-order valence-corrected chi connectivity index (χ2v) is 6.47. The largest absolute Gasteiger partial charge is 0.455 e. The van der Waals surface area contributed by atoms with Crippen molar-refractivity contribution < 1.29 is 23.6 Å². The summed E-state index contributed by atoms with van der Waals surface area (Å²) in [4.78, 5) is 38.0. The number of thiazole rings is 1. The summed E-state index contributed by atoms with van der Waals surface area (Å²) in [5.41, 5.74) is 1.00. The van der Waals surface area contributed by atoms with Gasteiger partial charge in [0.15, 0.2) is 11.7 Å². The summed E-state index contributed by atoms with van der Waals surface area (Å²) >= 11 is 1.07. The van der Waals surface area contributed by atoms with Gasteiger partial charge in [0, 0.05) is 12.1 Å². The third-order valence-corrected chi connectivity index (χ3v) is 4.39. The molecule has 2 aromatic carbocycles. The minimum absolute atomic E-state index is 0.0706. The van der Waals surface area contributed by atoms with Crippen molar-refractivity contribution in [2.45, 2.75) is 6.42 Å². The van der Waals surface area contributed by atoms with E-state index in [0.717, 1.165) is 11.3 Å². The maximum atomic E-state index is 12.8. The molecule has 1 amide bonds. The van der Waals surface area contributed by atoms with E-state index >= 15 is 0 Å². The summed E-state index contributed by atoms with van der Waals surface area (Å²) in [5.74, 6) is -1.62. The van der Waals surface area contributed by atoms with E-state index in [1.807, 2.05) is 0 Å². The molecular formula is C17H12FN3O5S. The Labute approximate surface area is 155 Å². The Morgan fingerprint density at radius 1 is 1.22 bits per heavy atom. The Morgan fingerprint density at radius 2 is 1.96 bits per heavy atom. The molecule has 0 aliphatic rings. The molecule has 0 radical (unpaired) electrons. The standard InChI is InChI=1S/C17H12FN3O5S/c18-11-3-1-10(2-4-11)7-16(23)26-9-15(22)20-17-19-13-6-5-12(21(24)25)8-14(13)27-17/h1-6,8H,7,9H2,(H,19,20,22). The Balaban J connectivity index is 1.54. The molecule has 138 valence electrons. The van der Waals surface area contributed by atoms with Crippen molar-refractivity contribution in [2.24, 2.45) is 0 Å². The number of nitrogens with one attached hydrogen (secondary N) is 1. The highest BCUT2D eigenvalue weighted by atomic mass is 32.1. The monoisotopic (exact) mass is 389 g/mol. The first kappa shape index (κ1) is 18.4. The summed E-state index contributed by atoms with van der Waals surface area (Å²) in [5, 5.41) is 13.5. The van der Waals surface area contributed by atoms with Gasteiger partial charge in [-0.05, 0) is 23.8 Å². The average molecular weight is 389 g/mol. The van der Waals surface area contributed by atoms with Gasteiger partial charge in [0.05, 0.1) is 21.6 Å². The van der Waals surface area contributed by atoms with Crippen LogP contribution >= 0.6 is 11.3 Å². The number of anilines is 1. The van der Waals surface area contributed by atoms with Gasteiger partial charge in [0.25, 0.3) is 11.6 Å². The second kappa shape index (κ2) is 7.87. The zero-order chi connectivity index (χ0) is 19.4. The maximum Gasteiger partial charge on any atom is 0.310 e. The molecule has 1 aromatic heterocycles. The predicted octanol–water partition coefficient (Wildman–Crippen LogP) is 3.07. The normalized spacial score (nSPS) is 10.6. The molecule has 0 unspecified atom stereocenters. The van der Waals surface area contributed by atoms with Crippen LogP contribution in [0.5, 0.6) is 0 Å². The van der Waals surface area contributed by atoms with E-state index in [2.05, 4.69) is 10.3 Å². The molecule has 10 heteroatoms. The number of amides is 1. The van der Waals surface area contributed by atoms with E-state index in [1.165, 1.54) is 42.5 Å². The zero-order valence-corrected chi connectivity index (χ0v) is 14.5. The zero-order valence-electron chi connectivity index (χ0n) is 13.7. The molecule has 1 N–H and O–H groups in total. The fourth-order valence-electron chi connectivity index (χ4n) is 2.20. The number of fused-ring (bicyclic) bond motifs is 1. The minimum atomic E-state index is -0.628. The van der Waals surface area contributed by atoms with Crippen LogP contribution in [-0.4, -0.2) is 28.4 Å². The number of halogens is 1. The third kappa shape index (κ3) is 4.82. The van der Waals surface area contributed by atoms with Crippen LogP contribution in [0.3, 0.4) is 0 Å². The molecule has 3 rings (SSSR count). The van der Waals surface area contributed by atoms with Crippen LogP contribution < -0.4 is 5.32 Å². The molecule has 8 nitrogen and oxygen atoms in total. The van der Waals surface area contributed by atoms with Gasteiger partial charge < -0.3 is 4.74 Å². The maximum absolute atomic E-state index is 12.8. The van der Waals surface area contributed by atoms with Crippen LogP contribution in [0.2, 0.25) is 0 Å². The summed E-state index contributed by atoms with van der Waals surface area (Å²) < 4.78 is 18.2. The van der Waals surface area contributed by atoms with Crippen LogP contribution in [-0.2, 0) is 20.7 Å². The molecule has 27 heavy (non-hydrogen) atoms. The molecule has 0 atom stereocenters. The van der Waals surface area contributed by atoms with E-state index in [4.69, 9.17) is 4.74 Å². The van der Waals surface area contributed by atoms with E-state index in [1.54, 1.807) is 0 Å². The molecule has 0 saturated carbocycles. The number of hydrogen-bond acceptors (Lipinski definition) is 7. The van der Waals surface area contributed by atoms with Crippen molar-refractivity contribution in [1.29, 1.82) is 0 Å². The van der Waals surface area contributed by atoms with Crippen molar-refractivity contribution >= 4 is 44.2 Å². The molecule has 0 spiro atoms. The highest BCUT2D eigenvalue weighted by Gasteiger charge is 2.13. The van der Waals surface area contributed by atoms with Gasteiger partial charge in [-0.1, -0.05) is 23.5 Å². The number of nitro groups is 1. The Morgan fingerprint density at radius 3 is 2.67 bits per heavy atom. The molecule has 0 bridgehead atoms. The smallest absolute Gasteiger partial charge is 0.310 e. The number of non-ortho nitro benzene ring substituents is 1. The van der Waals surface area contributed by atoms with Gasteiger partial charge in [-0.15, -0.1) is 0 Å². The van der Waals surface area contributed by atoms with Crippen molar-refractivity contribution in [2.75, 3.05) is 11.9 Å². The number of carbonyl (C=O) groups excluding carboxylic acids is 2. The Kier molecular flexibility index (Phi) is 5.36. The van der Waals surface area contributed by atoms with Gasteiger partial charge in [-0.2, -0.15) is 0 Å². The fourth-order valence-corrected chi connectivity index (χ4v) is 3.12. The predicted molar refractivity (Wildman–Crippen MR) is 96.0 cm³/mol. The highest BCUT2D eigenvalue weighted by molar-refractivity contribution is 7.22. The first-order valence-electron chi connectivity index (χ1n) is 7.65. The number of benzene rings is 2. The van der Waals surface area contributed by atoms with Crippen LogP contribution in [0.25, 0.3) is 10.2 Å². The van der Waals surface area contributed by atoms with E-state index < -0.39 is 29.2 Å². The first-order valence-corrected chi connectivity index (χ1v) is 8.47. The summed E-state index contributed by atoms with van der Waals surface area (Å²) in [7, 11) is 0. The molecular weight excluding hydrogens is 377 g/mol. The molecule has 1 heterocycles. The number of ether oxygens (including phenoxy) is 1. The lowest BCUT2D eigenvalue weighted by molar-refractivity contribution is -0.384. The van der Waals surface area contributed by atoms with Gasteiger partial charge in [-0.3, -0.25) is 25.0 Å². The van der Waals surface area contributed by atoms with Crippen molar-refractivity contribution in [3.63, 3.8) is 0 Å². The topological polar surface area (TPSA) is 111 Å². The van der Waals surface area contributed by atoms with Gasteiger partial charge >= 0.3 is 5.97 Å². The van der Waals surface area contributed by atoms with Gasteiger partial charge in [-0.25, -0.2) is 9.37 Å². The quantitative estimate of drug-likeness (QED) is 0.394. The van der Waals surface area contributed by atoms with Crippen molar-refractivity contribution in [3.05, 3.63) is 64.0 Å². The molecule has 0 saturated heterocycles. The SMILES string of the molecule is O=C(COC(=O)Cc1ccc(F)cc1)Nc1nc2ccc([N+](=O)[O-])cc2s1. The van der Waals surface area contributed by atoms with Crippen LogP contribution in [0, 0.1) is 15.9 Å². The van der Waals surface area contributed by atoms with Crippen LogP contribution in [0.1, 0.15) is 5.56 Å². The number of rotatable bonds is 6. The summed E-state index contributed by atoms with van der Waals surface area (Å²) in [6.07, 6.45) is -0.0850. The molecule has 0 aliphatic carbocycles. The fraction of sp³-hybridized carbons (Fsp3) is 0.118. The van der Waals surface area contributed by atoms with Crippen LogP contribution in [0.15, 0.2) is 42.5 Å². The lowest BCUT2D eigenvalue weighted by Crippen LogP contribution is -2.21. The van der Waals surface area contributed by atoms with E-state index in [-0.39, 0.29) is 17.2 Å². The van der Waals surface area contributed by atoms with Crippen molar-refractivity contribution in [3.8, 4) is 0 Å². The lowest BCUT2D eigenvalue weighted by Gasteiger charge is -2.04. The highest BCUT2D eigenvalue weighted by Crippen LogP contribution is 2.29. The van der Waals surface area contributed by atoms with E-state index in [9.17, 15) is 24.1 Å². The van der Waals surface area contributed by atoms with E-state index in [0.29, 0.717) is 15.8 Å². The molecule has 3 aromatic rings. The number of nitro benzene ring substituents is 1. The Bertz CT molecular complexity index is 1020. The molecule has 0 fully saturated rings. The number of nitrogens with zero attached hydrogens (tertiary/aromatic N) is 2. The van der Waals surface area contributed by atoms with Gasteiger partial charge in [0.2, 0.25) is 0 Å². The van der Waals surface area contributed by atoms with Crippen LogP contribution in [0.4, 0.5) is 15.2 Å². The second-order valence-electron chi connectivity index (χ2n) is 5.44. The third-order valence-electron chi connectivity index (χ3n) is 3.46. The number of carbonyl (C=O) groups is 2. The average Bonchev–Trinajstić information content (AvgIpc) is 3.03. The number of hydrogen-bond donors (Lipinski definition) is 1. The van der Waals surface area contributed by atoms with Gasteiger partial charge in [0.1, 0.15) is 5.82 Å². The lowest BCUT2D eigenvalue weighted by atomic mass is 10.1. The summed E-state index contributed by atoms with van der Waals surface area (Å²) in [6, 6.07) is 9.55.